The van der Waals surface area contributed by atoms with E-state index in [1.54, 1.807) is 14.2 Å². The Morgan fingerprint density at radius 3 is 1.84 bits per heavy atom. The first-order valence-corrected chi connectivity index (χ1v) is 22.4. The molecule has 6 atom stereocenters. The molecule has 6 heterocycles. The van der Waals surface area contributed by atoms with E-state index in [2.05, 4.69) is 87.2 Å². The molecule has 0 radical (unpaired) electrons. The molecular formula is C52H50N4O6. The zero-order valence-electron chi connectivity index (χ0n) is 35.2. The van der Waals surface area contributed by atoms with Crippen molar-refractivity contribution in [2.45, 2.75) is 87.7 Å². The number of amides is 2. The first kappa shape index (κ1) is 36.8. The summed E-state index contributed by atoms with van der Waals surface area (Å²) in [6.07, 6.45) is 8.03. The SMILES string of the molecule is COc1cc2c(cc1OCc1cccc(COc3cc4c(cc3OC)C(=O)N3c5ccccc5C[C@H]3C35CCCC43NC5)c1)C13CCC(CN1)(C3)[C@@H]1Cc3ccccc3N1C2=O. The molecule has 4 fully saturated rings. The van der Waals surface area contributed by atoms with E-state index in [4.69, 9.17) is 18.9 Å². The number of fused-ring (bicyclic) bond motifs is 8. The third kappa shape index (κ3) is 4.72. The van der Waals surface area contributed by atoms with Crippen molar-refractivity contribution in [1.29, 1.82) is 0 Å². The van der Waals surface area contributed by atoms with E-state index in [0.29, 0.717) is 47.3 Å². The van der Waals surface area contributed by atoms with E-state index in [9.17, 15) is 9.59 Å². The van der Waals surface area contributed by atoms with Crippen LogP contribution in [0, 0.1) is 10.8 Å². The monoisotopic (exact) mass is 826 g/mol. The molecule has 2 N–H and O–H groups in total. The number of hydrogen-bond donors (Lipinski definition) is 2. The van der Waals surface area contributed by atoms with E-state index in [0.717, 1.165) is 98.1 Å². The average molecular weight is 827 g/mol. The number of nitrogens with zero attached hydrogens (tertiary/aromatic N) is 2. The number of para-hydroxylation sites is 2. The van der Waals surface area contributed by atoms with E-state index in [1.807, 2.05) is 30.3 Å². The van der Waals surface area contributed by atoms with E-state index >= 15 is 0 Å². The lowest BCUT2D eigenvalue weighted by molar-refractivity contribution is -0.0118. The number of nitrogens with one attached hydrogen (secondary N) is 2. The second-order valence-electron chi connectivity index (χ2n) is 19.3. The van der Waals surface area contributed by atoms with Gasteiger partial charge >= 0.3 is 0 Å². The molecule has 62 heavy (non-hydrogen) atoms. The molecule has 2 saturated carbocycles. The van der Waals surface area contributed by atoms with Gasteiger partial charge in [0.2, 0.25) is 0 Å². The van der Waals surface area contributed by atoms with Crippen LogP contribution < -0.4 is 39.4 Å². The van der Waals surface area contributed by atoms with E-state index in [-0.39, 0.29) is 45.8 Å². The molecule has 2 aliphatic carbocycles. The molecule has 2 amide bonds. The highest BCUT2D eigenvalue weighted by atomic mass is 16.5. The molecule has 10 heteroatoms. The summed E-state index contributed by atoms with van der Waals surface area (Å²) in [6, 6.07) is 33.3. The fourth-order valence-electron chi connectivity index (χ4n) is 13.9. The lowest BCUT2D eigenvalue weighted by atomic mass is 9.57. The molecule has 6 aliphatic heterocycles. The van der Waals surface area contributed by atoms with Crippen LogP contribution in [0.1, 0.15) is 92.6 Å². The lowest BCUT2D eigenvalue weighted by Gasteiger charge is -2.60. The molecule has 8 aliphatic rings. The van der Waals surface area contributed by atoms with Crippen molar-refractivity contribution in [3.05, 3.63) is 142 Å². The van der Waals surface area contributed by atoms with Crippen molar-refractivity contribution >= 4 is 23.2 Å². The third-order valence-electron chi connectivity index (χ3n) is 16.8. The molecule has 2 bridgehead atoms. The molecule has 314 valence electrons. The van der Waals surface area contributed by atoms with Gasteiger partial charge in [-0.05, 0) is 121 Å². The van der Waals surface area contributed by atoms with Gasteiger partial charge in [-0.25, -0.2) is 0 Å². The third-order valence-corrected chi connectivity index (χ3v) is 16.8. The Hall–Kier alpha value is -5.84. The largest absolute Gasteiger partial charge is 0.493 e. The van der Waals surface area contributed by atoms with Gasteiger partial charge in [0.05, 0.1) is 25.8 Å². The summed E-state index contributed by atoms with van der Waals surface area (Å²) in [5.41, 5.74) is 9.40. The zero-order valence-corrected chi connectivity index (χ0v) is 35.2. The highest BCUT2D eigenvalue weighted by molar-refractivity contribution is 6.11. The number of carbonyl (C=O) groups is 2. The fraction of sp³-hybridized carbons (Fsp3) is 0.385. The van der Waals surface area contributed by atoms with Crippen molar-refractivity contribution in [2.75, 3.05) is 37.1 Å². The Morgan fingerprint density at radius 2 is 1.23 bits per heavy atom. The number of anilines is 2. The van der Waals surface area contributed by atoms with Crippen molar-refractivity contribution in [3.63, 3.8) is 0 Å². The van der Waals surface area contributed by atoms with Crippen molar-refractivity contribution < 1.29 is 28.5 Å². The van der Waals surface area contributed by atoms with Crippen LogP contribution in [0.4, 0.5) is 11.4 Å². The minimum atomic E-state index is -0.291. The minimum absolute atomic E-state index is 0.0364. The van der Waals surface area contributed by atoms with Gasteiger partial charge in [-0.3, -0.25) is 9.59 Å². The topological polar surface area (TPSA) is 102 Å². The quantitative estimate of drug-likeness (QED) is 0.163. The Balaban J connectivity index is 0.782. The number of hydrogen-bond acceptors (Lipinski definition) is 8. The van der Waals surface area contributed by atoms with Crippen LogP contribution in [-0.2, 0) is 37.1 Å². The summed E-state index contributed by atoms with van der Waals surface area (Å²) in [4.78, 5) is 33.5. The van der Waals surface area contributed by atoms with Crippen molar-refractivity contribution in [3.8, 4) is 23.0 Å². The molecule has 0 spiro atoms. The highest BCUT2D eigenvalue weighted by Crippen LogP contribution is 2.66. The maximum Gasteiger partial charge on any atom is 0.259 e. The van der Waals surface area contributed by atoms with Crippen LogP contribution >= 0.6 is 0 Å². The Labute approximate surface area is 361 Å². The van der Waals surface area contributed by atoms with E-state index < -0.39 is 0 Å². The fourth-order valence-corrected chi connectivity index (χ4v) is 13.9. The van der Waals surface area contributed by atoms with Gasteiger partial charge in [-0.1, -0.05) is 61.0 Å². The van der Waals surface area contributed by atoms with Gasteiger partial charge in [0.15, 0.2) is 23.0 Å². The minimum Gasteiger partial charge on any atom is -0.493 e. The first-order valence-electron chi connectivity index (χ1n) is 22.4. The number of rotatable bonds is 8. The van der Waals surface area contributed by atoms with Crippen molar-refractivity contribution in [1.82, 2.24) is 10.6 Å². The molecule has 2 saturated heterocycles. The summed E-state index contributed by atoms with van der Waals surface area (Å²) in [5, 5.41) is 7.82. The van der Waals surface area contributed by atoms with Gasteiger partial charge < -0.3 is 39.4 Å². The number of benzene rings is 5. The summed E-state index contributed by atoms with van der Waals surface area (Å²) < 4.78 is 25.1. The maximum atomic E-state index is 14.7. The highest BCUT2D eigenvalue weighted by Gasteiger charge is 2.70. The van der Waals surface area contributed by atoms with Crippen LogP contribution in [0.2, 0.25) is 0 Å². The molecule has 5 aromatic carbocycles. The lowest BCUT2D eigenvalue weighted by Crippen LogP contribution is -2.73. The summed E-state index contributed by atoms with van der Waals surface area (Å²) in [6.45, 7) is 2.41. The standard InChI is InChI=1S/C52H50N4O6/c1-59-41-22-35-37(51-18-17-49(28-51,29-53-51)45-20-33-11-3-5-13-39(33)55(45)47(35)57)24-43(41)61-26-31-9-7-10-32(19-31)27-62-44-25-38-36(23-42(44)60-2)48(58)56-40-14-6-4-12-34(40)21-46(56)50-15-8-16-52(38,50)54-30-50/h3-7,9-14,19,22-25,45-46,53-54H,8,15-18,20-21,26-30H2,1-2H3/t45-,46-,49?,50?,51?,52?/m0/s1. The number of piperidine rings is 1. The maximum absolute atomic E-state index is 14.7. The molecule has 0 aromatic heterocycles. The molecular weight excluding hydrogens is 777 g/mol. The Kier molecular flexibility index (Phi) is 7.63. The van der Waals surface area contributed by atoms with Crippen LogP contribution in [0.15, 0.2) is 97.1 Å². The Bertz CT molecular complexity index is 2760. The molecule has 4 unspecified atom stereocenters. The Morgan fingerprint density at radius 1 is 0.613 bits per heavy atom. The number of methoxy groups -OCH3 is 2. The van der Waals surface area contributed by atoms with Gasteiger partial charge in [0.25, 0.3) is 11.8 Å². The molecule has 13 rings (SSSR count). The predicted molar refractivity (Wildman–Crippen MR) is 235 cm³/mol. The van der Waals surface area contributed by atoms with Gasteiger partial charge in [0, 0.05) is 58.0 Å². The smallest absolute Gasteiger partial charge is 0.259 e. The second-order valence-corrected chi connectivity index (χ2v) is 19.3. The van der Waals surface area contributed by atoms with Crippen LogP contribution in [-0.4, -0.2) is 51.2 Å². The first-order chi connectivity index (χ1) is 30.3. The second kappa shape index (κ2) is 12.9. The van der Waals surface area contributed by atoms with E-state index in [1.165, 1.54) is 11.1 Å². The normalized spacial score (nSPS) is 30.0. The van der Waals surface area contributed by atoms with Crippen LogP contribution in [0.3, 0.4) is 0 Å². The number of carbonyl (C=O) groups excluding carboxylic acids is 2. The molecule has 10 nitrogen and oxygen atoms in total. The summed E-state index contributed by atoms with van der Waals surface area (Å²) >= 11 is 0. The number of ether oxygens (including phenoxy) is 4. The molecule has 5 aromatic rings. The predicted octanol–water partition coefficient (Wildman–Crippen LogP) is 7.97. The van der Waals surface area contributed by atoms with Crippen LogP contribution in [0.25, 0.3) is 0 Å². The average Bonchev–Trinajstić information content (AvgIpc) is 4.12. The van der Waals surface area contributed by atoms with Crippen LogP contribution in [0.5, 0.6) is 23.0 Å². The summed E-state index contributed by atoms with van der Waals surface area (Å²) in [7, 11) is 3.28. The van der Waals surface area contributed by atoms with Gasteiger partial charge in [-0.15, -0.1) is 0 Å². The van der Waals surface area contributed by atoms with Gasteiger partial charge in [0.1, 0.15) is 13.2 Å². The van der Waals surface area contributed by atoms with Crippen molar-refractivity contribution in [2.24, 2.45) is 10.8 Å². The summed E-state index contributed by atoms with van der Waals surface area (Å²) in [5.74, 6) is 2.43. The van der Waals surface area contributed by atoms with Gasteiger partial charge in [-0.2, -0.15) is 0 Å². The zero-order chi connectivity index (χ0) is 41.6.